The van der Waals surface area contributed by atoms with E-state index in [0.717, 1.165) is 6.42 Å². The van der Waals surface area contributed by atoms with E-state index in [2.05, 4.69) is 0 Å². The van der Waals surface area contributed by atoms with Crippen molar-refractivity contribution in [2.75, 3.05) is 39.1 Å². The Bertz CT molecular complexity index is 426. The van der Waals surface area contributed by atoms with Gasteiger partial charge < -0.3 is 20.1 Å². The van der Waals surface area contributed by atoms with Gasteiger partial charge in [0, 0.05) is 25.4 Å². The molecule has 2 N–H and O–H groups in total. The summed E-state index contributed by atoms with van der Waals surface area (Å²) in [6, 6.07) is 5.13. The molecule has 5 nitrogen and oxygen atoms in total. The minimum atomic E-state index is -0.0584. The molecule has 0 aliphatic carbocycles. The Hall–Kier alpha value is -1.75. The second kappa shape index (κ2) is 5.73. The number of hydrogen-bond donors (Lipinski definition) is 1. The predicted molar refractivity (Wildman–Crippen MR) is 68.7 cm³/mol. The van der Waals surface area contributed by atoms with Gasteiger partial charge in [-0.1, -0.05) is 0 Å². The maximum Gasteiger partial charge on any atom is 0.256 e. The fourth-order valence-electron chi connectivity index (χ4n) is 1.97. The molecule has 1 heterocycles. The molecule has 0 bridgehead atoms. The number of amides is 1. The second-order valence-corrected chi connectivity index (χ2v) is 4.21. The number of ether oxygens (including phenoxy) is 2. The maximum absolute atomic E-state index is 12.4. The van der Waals surface area contributed by atoms with Crippen molar-refractivity contribution in [3.8, 4) is 5.75 Å². The second-order valence-electron chi connectivity index (χ2n) is 4.21. The molecule has 5 heteroatoms. The summed E-state index contributed by atoms with van der Waals surface area (Å²) in [5, 5.41) is 0. The van der Waals surface area contributed by atoms with Crippen molar-refractivity contribution in [2.45, 2.75) is 6.42 Å². The summed E-state index contributed by atoms with van der Waals surface area (Å²) in [4.78, 5) is 14.2. The van der Waals surface area contributed by atoms with E-state index in [1.807, 2.05) is 0 Å². The van der Waals surface area contributed by atoms with Gasteiger partial charge in [0.05, 0.1) is 19.3 Å². The van der Waals surface area contributed by atoms with E-state index >= 15 is 0 Å². The first kappa shape index (κ1) is 12.7. The molecular formula is C13H18N2O3. The van der Waals surface area contributed by atoms with Gasteiger partial charge in [0.2, 0.25) is 0 Å². The van der Waals surface area contributed by atoms with Crippen molar-refractivity contribution in [3.63, 3.8) is 0 Å². The molecule has 0 saturated carbocycles. The third-order valence-electron chi connectivity index (χ3n) is 3.00. The zero-order valence-corrected chi connectivity index (χ0v) is 10.5. The normalized spacial score (nSPS) is 16.2. The number of hydrogen-bond acceptors (Lipinski definition) is 4. The number of benzene rings is 1. The topological polar surface area (TPSA) is 64.8 Å². The average molecular weight is 250 g/mol. The Morgan fingerprint density at radius 2 is 2.22 bits per heavy atom. The van der Waals surface area contributed by atoms with Gasteiger partial charge in [-0.2, -0.15) is 0 Å². The molecule has 1 aliphatic rings. The summed E-state index contributed by atoms with van der Waals surface area (Å²) in [6.07, 6.45) is 0.857. The first-order chi connectivity index (χ1) is 8.72. The zero-order chi connectivity index (χ0) is 13.0. The number of rotatable bonds is 2. The Morgan fingerprint density at radius 3 is 3.00 bits per heavy atom. The third kappa shape index (κ3) is 2.73. The highest BCUT2D eigenvalue weighted by atomic mass is 16.5. The van der Waals surface area contributed by atoms with Gasteiger partial charge >= 0.3 is 0 Å². The number of nitrogens with zero attached hydrogens (tertiary/aromatic N) is 1. The summed E-state index contributed by atoms with van der Waals surface area (Å²) in [5.74, 6) is 0.579. The minimum Gasteiger partial charge on any atom is -0.497 e. The quantitative estimate of drug-likeness (QED) is 0.799. The van der Waals surface area contributed by atoms with Crippen LogP contribution in [0.4, 0.5) is 5.69 Å². The SMILES string of the molecule is COc1ccc(N)c(C(=O)N2CCCOCC2)c1. The molecule has 98 valence electrons. The first-order valence-corrected chi connectivity index (χ1v) is 6.03. The summed E-state index contributed by atoms with van der Waals surface area (Å²) in [7, 11) is 1.57. The Morgan fingerprint density at radius 1 is 1.39 bits per heavy atom. The molecule has 1 saturated heterocycles. The minimum absolute atomic E-state index is 0.0584. The molecule has 2 rings (SSSR count). The first-order valence-electron chi connectivity index (χ1n) is 6.03. The van der Waals surface area contributed by atoms with Gasteiger partial charge in [0.1, 0.15) is 5.75 Å². The van der Waals surface area contributed by atoms with Crippen LogP contribution in [0.5, 0.6) is 5.75 Å². The Balaban J connectivity index is 2.21. The zero-order valence-electron chi connectivity index (χ0n) is 10.5. The molecule has 1 fully saturated rings. The van der Waals surface area contributed by atoms with Crippen molar-refractivity contribution in [3.05, 3.63) is 23.8 Å². The fourth-order valence-corrected chi connectivity index (χ4v) is 1.97. The number of carbonyl (C=O) groups excluding carboxylic acids is 1. The summed E-state index contributed by atoms with van der Waals surface area (Å²) in [5.41, 5.74) is 6.83. The highest BCUT2D eigenvalue weighted by Crippen LogP contribution is 2.21. The largest absolute Gasteiger partial charge is 0.497 e. The molecule has 1 amide bonds. The van der Waals surface area contributed by atoms with Crippen LogP contribution in [-0.2, 0) is 4.74 Å². The standard InChI is InChI=1S/C13H18N2O3/c1-17-10-3-4-12(14)11(9-10)13(16)15-5-2-7-18-8-6-15/h3-4,9H,2,5-8,14H2,1H3. The fraction of sp³-hybridized carbons (Fsp3) is 0.462. The van der Waals surface area contributed by atoms with Crippen LogP contribution >= 0.6 is 0 Å². The summed E-state index contributed by atoms with van der Waals surface area (Å²) >= 11 is 0. The molecule has 0 radical (unpaired) electrons. The van der Waals surface area contributed by atoms with E-state index in [0.29, 0.717) is 43.3 Å². The highest BCUT2D eigenvalue weighted by molar-refractivity contribution is 5.99. The molecule has 1 aromatic rings. The molecule has 0 unspecified atom stereocenters. The summed E-state index contributed by atoms with van der Waals surface area (Å²) in [6.45, 7) is 2.60. The van der Waals surface area contributed by atoms with E-state index in [1.54, 1.807) is 30.2 Å². The number of carbonyl (C=O) groups is 1. The Labute approximate surface area is 106 Å². The van der Waals surface area contributed by atoms with Crippen molar-refractivity contribution in [2.24, 2.45) is 0 Å². The van der Waals surface area contributed by atoms with Crippen molar-refractivity contribution in [1.29, 1.82) is 0 Å². The van der Waals surface area contributed by atoms with E-state index in [9.17, 15) is 4.79 Å². The average Bonchev–Trinajstić information content (AvgIpc) is 2.67. The molecule has 18 heavy (non-hydrogen) atoms. The van der Waals surface area contributed by atoms with Crippen LogP contribution in [-0.4, -0.2) is 44.2 Å². The van der Waals surface area contributed by atoms with Crippen molar-refractivity contribution < 1.29 is 14.3 Å². The van der Waals surface area contributed by atoms with Gasteiger partial charge in [0.25, 0.3) is 5.91 Å². The van der Waals surface area contributed by atoms with Gasteiger partial charge in [-0.15, -0.1) is 0 Å². The van der Waals surface area contributed by atoms with Crippen LogP contribution < -0.4 is 10.5 Å². The smallest absolute Gasteiger partial charge is 0.256 e. The van der Waals surface area contributed by atoms with Gasteiger partial charge in [0.15, 0.2) is 0 Å². The van der Waals surface area contributed by atoms with Crippen LogP contribution in [0.2, 0.25) is 0 Å². The molecular weight excluding hydrogens is 232 g/mol. The van der Waals surface area contributed by atoms with E-state index in [-0.39, 0.29) is 5.91 Å². The van der Waals surface area contributed by atoms with Crippen LogP contribution in [0.25, 0.3) is 0 Å². The number of nitrogen functional groups attached to an aromatic ring is 1. The van der Waals surface area contributed by atoms with Gasteiger partial charge in [-0.3, -0.25) is 4.79 Å². The van der Waals surface area contributed by atoms with Crippen molar-refractivity contribution >= 4 is 11.6 Å². The van der Waals surface area contributed by atoms with Crippen LogP contribution in [0, 0.1) is 0 Å². The monoisotopic (exact) mass is 250 g/mol. The number of anilines is 1. The lowest BCUT2D eigenvalue weighted by Crippen LogP contribution is -2.33. The van der Waals surface area contributed by atoms with E-state index in [4.69, 9.17) is 15.2 Å². The van der Waals surface area contributed by atoms with E-state index in [1.165, 1.54) is 0 Å². The number of nitrogens with two attached hydrogens (primary N) is 1. The molecule has 1 aliphatic heterocycles. The predicted octanol–water partition coefficient (Wildman–Crippen LogP) is 1.14. The Kier molecular flexibility index (Phi) is 4.04. The summed E-state index contributed by atoms with van der Waals surface area (Å²) < 4.78 is 10.5. The van der Waals surface area contributed by atoms with Crippen molar-refractivity contribution in [1.82, 2.24) is 4.90 Å². The lowest BCUT2D eigenvalue weighted by atomic mass is 10.1. The lowest BCUT2D eigenvalue weighted by Gasteiger charge is -2.20. The van der Waals surface area contributed by atoms with Gasteiger partial charge in [-0.25, -0.2) is 0 Å². The van der Waals surface area contributed by atoms with Crippen LogP contribution in [0.15, 0.2) is 18.2 Å². The maximum atomic E-state index is 12.4. The van der Waals surface area contributed by atoms with Crippen LogP contribution in [0.1, 0.15) is 16.8 Å². The molecule has 1 aromatic carbocycles. The molecule has 0 spiro atoms. The lowest BCUT2D eigenvalue weighted by molar-refractivity contribution is 0.0742. The van der Waals surface area contributed by atoms with Crippen LogP contribution in [0.3, 0.4) is 0 Å². The highest BCUT2D eigenvalue weighted by Gasteiger charge is 2.19. The number of methoxy groups -OCH3 is 1. The van der Waals surface area contributed by atoms with Gasteiger partial charge in [-0.05, 0) is 24.6 Å². The van der Waals surface area contributed by atoms with E-state index < -0.39 is 0 Å². The molecule has 0 atom stereocenters. The molecule has 0 aromatic heterocycles. The third-order valence-corrected chi connectivity index (χ3v) is 3.00.